The number of terminal acetylenes is 1. The summed E-state index contributed by atoms with van der Waals surface area (Å²) in [6, 6.07) is 10.3. The number of hydrogen-bond donors (Lipinski definition) is 2. The van der Waals surface area contributed by atoms with E-state index in [0.717, 1.165) is 89.2 Å². The van der Waals surface area contributed by atoms with Crippen LogP contribution in [-0.4, -0.2) is 129 Å². The second-order valence-electron chi connectivity index (χ2n) is 20.2. The molecule has 6 aromatic rings. The monoisotopic (exact) mass is 974 g/mol. The number of carbonyl (C=O) groups excluding carboxylic acids is 2. The van der Waals surface area contributed by atoms with E-state index in [4.69, 9.17) is 11.2 Å². The van der Waals surface area contributed by atoms with E-state index in [9.17, 15) is 32.7 Å². The highest BCUT2D eigenvalue weighted by Gasteiger charge is 2.46. The van der Waals surface area contributed by atoms with Crippen molar-refractivity contribution in [2.45, 2.75) is 63.3 Å². The molecule has 3 aromatic heterocycles. The molecule has 0 radical (unpaired) electrons. The van der Waals surface area contributed by atoms with E-state index in [1.54, 1.807) is 11.6 Å². The van der Waals surface area contributed by atoms with Crippen LogP contribution in [0, 0.1) is 35.3 Å². The molecule has 11 rings (SSSR count). The second-order valence-corrected chi connectivity index (χ2v) is 20.2. The predicted molar refractivity (Wildman–Crippen MR) is 260 cm³/mol. The first-order valence-electron chi connectivity index (χ1n) is 24.4. The molecule has 1 atom stereocenters. The van der Waals surface area contributed by atoms with Crippen molar-refractivity contribution in [1.82, 2.24) is 39.2 Å². The summed E-state index contributed by atoms with van der Waals surface area (Å²) in [5.41, 5.74) is 1.46. The predicted octanol–water partition coefficient (Wildman–Crippen LogP) is 6.37. The highest BCUT2D eigenvalue weighted by Crippen LogP contribution is 2.47. The normalized spacial score (nSPS) is 21.0. The van der Waals surface area contributed by atoms with Crippen LogP contribution in [0.5, 0.6) is 11.8 Å². The number of piperidine rings is 3. The van der Waals surface area contributed by atoms with Gasteiger partial charge in [-0.15, -0.1) is 6.42 Å². The van der Waals surface area contributed by atoms with E-state index in [0.29, 0.717) is 23.2 Å². The number of imidazole rings is 1. The number of piperazine rings is 1. The molecular weight excluding hydrogens is 921 g/mol. The summed E-state index contributed by atoms with van der Waals surface area (Å²) >= 11 is 0. The first kappa shape index (κ1) is 46.6. The summed E-state index contributed by atoms with van der Waals surface area (Å²) in [7, 11) is 1.71. The van der Waals surface area contributed by atoms with E-state index >= 15 is 4.39 Å². The summed E-state index contributed by atoms with van der Waals surface area (Å²) in [6.07, 6.45) is 11.3. The summed E-state index contributed by atoms with van der Waals surface area (Å²) < 4.78 is 71.1. The maximum atomic E-state index is 17.0. The number of aromatic nitrogens is 5. The van der Waals surface area contributed by atoms with Crippen molar-refractivity contribution in [2.24, 2.45) is 18.4 Å². The Labute approximate surface area is 406 Å². The van der Waals surface area contributed by atoms with Crippen LogP contribution in [0.4, 0.5) is 29.1 Å². The van der Waals surface area contributed by atoms with Gasteiger partial charge in [-0.1, -0.05) is 12.0 Å². The molecule has 15 nitrogen and oxygen atoms in total. The van der Waals surface area contributed by atoms with Crippen LogP contribution < -0.4 is 25.5 Å². The van der Waals surface area contributed by atoms with E-state index < -0.39 is 36.1 Å². The SMILES string of the molecule is C#Cc1c(F)ccc2cc(O)cc(-c3ncc4c(N5CCCC(F)(F)C5)nc(OCC5(CN6CCN(CC7CCN(c8ccc9c(c8)n(C)c(=O)n9C8CCC(=O)NC8=O)CC7)CC6)CC5)nc4c3F)c12. The lowest BCUT2D eigenvalue weighted by Gasteiger charge is -2.40. The van der Waals surface area contributed by atoms with Gasteiger partial charge in [-0.2, -0.15) is 9.97 Å². The number of nitrogens with one attached hydrogen (secondary N) is 1. The molecule has 7 heterocycles. The topological polar surface area (TPSA) is 154 Å². The Hall–Kier alpha value is -6.78. The molecule has 370 valence electrons. The molecule has 5 aliphatic rings. The Balaban J connectivity index is 0.735. The smallest absolute Gasteiger partial charge is 0.329 e. The largest absolute Gasteiger partial charge is 0.508 e. The number of ether oxygens (including phenoxy) is 1. The van der Waals surface area contributed by atoms with E-state index in [1.807, 2.05) is 18.2 Å². The van der Waals surface area contributed by atoms with Gasteiger partial charge in [-0.05, 0) is 86.2 Å². The quantitative estimate of drug-likeness (QED) is 0.0843. The number of anilines is 2. The maximum Gasteiger partial charge on any atom is 0.329 e. The van der Waals surface area contributed by atoms with Gasteiger partial charge in [0.25, 0.3) is 5.92 Å². The number of fused-ring (bicyclic) bond motifs is 3. The minimum absolute atomic E-state index is 0.0462. The van der Waals surface area contributed by atoms with Gasteiger partial charge < -0.3 is 29.4 Å². The van der Waals surface area contributed by atoms with Crippen LogP contribution in [0.3, 0.4) is 0 Å². The lowest BCUT2D eigenvalue weighted by molar-refractivity contribution is -0.135. The number of phenolic OH excluding ortho intramolecular Hbond substituents is 1. The molecule has 71 heavy (non-hydrogen) atoms. The second kappa shape index (κ2) is 18.1. The van der Waals surface area contributed by atoms with Crippen molar-refractivity contribution in [3.63, 3.8) is 0 Å². The van der Waals surface area contributed by atoms with Crippen LogP contribution in [-0.2, 0) is 16.6 Å². The van der Waals surface area contributed by atoms with E-state index in [1.165, 1.54) is 39.9 Å². The van der Waals surface area contributed by atoms with Gasteiger partial charge in [0.15, 0.2) is 5.82 Å². The number of halogens is 4. The molecular formula is C52H54F4N10O5. The lowest BCUT2D eigenvalue weighted by Crippen LogP contribution is -2.50. The van der Waals surface area contributed by atoms with Gasteiger partial charge in [0.1, 0.15) is 34.6 Å². The summed E-state index contributed by atoms with van der Waals surface area (Å²) in [6.45, 7) is 7.15. The molecule has 3 aromatic carbocycles. The zero-order valence-electron chi connectivity index (χ0n) is 39.4. The third-order valence-corrected chi connectivity index (χ3v) is 15.4. The lowest BCUT2D eigenvalue weighted by atomic mass is 9.95. The number of rotatable bonds is 11. The van der Waals surface area contributed by atoms with Gasteiger partial charge >= 0.3 is 11.7 Å². The number of phenols is 1. The molecule has 1 saturated carbocycles. The number of nitrogens with zero attached hydrogens (tertiary/aromatic N) is 9. The minimum atomic E-state index is -2.99. The Kier molecular flexibility index (Phi) is 11.9. The first-order chi connectivity index (χ1) is 34.2. The highest BCUT2D eigenvalue weighted by molar-refractivity contribution is 6.03. The van der Waals surface area contributed by atoms with E-state index in [-0.39, 0.29) is 100 Å². The number of carbonyl (C=O) groups is 2. The molecule has 5 fully saturated rings. The number of pyridine rings is 1. The third-order valence-electron chi connectivity index (χ3n) is 15.4. The van der Waals surface area contributed by atoms with Crippen LogP contribution >= 0.6 is 0 Å². The molecule has 1 aliphatic carbocycles. The molecule has 1 unspecified atom stereocenters. The molecule has 4 aliphatic heterocycles. The number of aryl methyl sites for hydroxylation is 1. The van der Waals surface area contributed by atoms with Crippen molar-refractivity contribution in [3.8, 4) is 35.4 Å². The molecule has 19 heteroatoms. The average Bonchev–Trinajstić information content (AvgIpc) is 4.08. The number of aromatic hydroxyl groups is 1. The number of alkyl halides is 2. The molecule has 2 N–H and O–H groups in total. The maximum absolute atomic E-state index is 17.0. The van der Waals surface area contributed by atoms with Crippen molar-refractivity contribution >= 4 is 56.0 Å². The number of benzene rings is 3. The van der Waals surface area contributed by atoms with Crippen molar-refractivity contribution < 1.29 is 37.0 Å². The fourth-order valence-electron chi connectivity index (χ4n) is 11.3. The fraction of sp³-hybridized carbons (Fsp3) is 0.462. The van der Waals surface area contributed by atoms with Gasteiger partial charge in [-0.25, -0.2) is 22.4 Å². The van der Waals surface area contributed by atoms with Gasteiger partial charge in [0, 0.05) is 107 Å². The number of hydrogen-bond acceptors (Lipinski definition) is 12. The molecule has 4 saturated heterocycles. The molecule has 0 bridgehead atoms. The van der Waals surface area contributed by atoms with Gasteiger partial charge in [0.05, 0.1) is 35.1 Å². The Morgan fingerprint density at radius 2 is 1.68 bits per heavy atom. The van der Waals surface area contributed by atoms with Gasteiger partial charge in [-0.3, -0.25) is 29.0 Å². The first-order valence-corrected chi connectivity index (χ1v) is 24.4. The van der Waals surface area contributed by atoms with Crippen LogP contribution in [0.25, 0.3) is 44.0 Å². The third kappa shape index (κ3) is 8.89. The Bertz CT molecular complexity index is 3220. The van der Waals surface area contributed by atoms with Crippen molar-refractivity contribution in [2.75, 3.05) is 81.9 Å². The molecule has 0 spiro atoms. The summed E-state index contributed by atoms with van der Waals surface area (Å²) in [4.78, 5) is 60.0. The van der Waals surface area contributed by atoms with Crippen molar-refractivity contribution in [1.29, 1.82) is 0 Å². The van der Waals surface area contributed by atoms with Crippen LogP contribution in [0.15, 0.2) is 53.5 Å². The zero-order valence-corrected chi connectivity index (χ0v) is 39.4. The molecule has 2 amide bonds. The van der Waals surface area contributed by atoms with Crippen LogP contribution in [0.2, 0.25) is 0 Å². The van der Waals surface area contributed by atoms with E-state index in [2.05, 4.69) is 40.9 Å². The van der Waals surface area contributed by atoms with Gasteiger partial charge in [0.2, 0.25) is 11.8 Å². The average molecular weight is 975 g/mol. The van der Waals surface area contributed by atoms with Crippen molar-refractivity contribution in [3.05, 3.63) is 76.3 Å². The highest BCUT2D eigenvalue weighted by atomic mass is 19.3. The standard InChI is InChI=1S/C52H54F4N10O5/c1-3-35-38(53)7-5-32-23-34(67)25-36(43(32)35)45-44(54)46-37(26-57-45)47(65-16-4-13-52(55,56)29-65)60-49(59-46)71-30-51(14-15-51)28-63-21-19-62(20-22-63)27-31-11-17-64(18-12-31)33-6-8-39-41(24-33)61(2)50(70)66(39)40-9-10-42(68)58-48(40)69/h1,5-8,23-26,31,40,67H,4,9-22,27-30H2,2H3,(H,58,68,69). The Morgan fingerprint density at radius 1 is 0.901 bits per heavy atom. The van der Waals surface area contributed by atoms with Crippen LogP contribution in [0.1, 0.15) is 63.0 Å². The number of imide groups is 1. The number of amides is 2. The minimum Gasteiger partial charge on any atom is -0.508 e. The Morgan fingerprint density at radius 3 is 2.41 bits per heavy atom. The fourth-order valence-corrected chi connectivity index (χ4v) is 11.3. The summed E-state index contributed by atoms with van der Waals surface area (Å²) in [5, 5.41) is 13.7. The summed E-state index contributed by atoms with van der Waals surface area (Å²) in [5.74, 6) is -2.62. The zero-order chi connectivity index (χ0) is 49.3.